The van der Waals surface area contributed by atoms with E-state index in [4.69, 9.17) is 11.6 Å². The van der Waals surface area contributed by atoms with Crippen molar-refractivity contribution in [3.05, 3.63) is 35.4 Å². The van der Waals surface area contributed by atoms with Crippen LogP contribution in [0, 0.1) is 11.6 Å². The van der Waals surface area contributed by atoms with Gasteiger partial charge in [-0.25, -0.2) is 8.78 Å². The van der Waals surface area contributed by atoms with Gasteiger partial charge in [-0.1, -0.05) is 13.0 Å². The van der Waals surface area contributed by atoms with Crippen LogP contribution >= 0.6 is 11.6 Å². The maximum absolute atomic E-state index is 13.5. The Bertz CT molecular complexity index is 439. The lowest BCUT2D eigenvalue weighted by Gasteiger charge is -2.29. The predicted octanol–water partition coefficient (Wildman–Crippen LogP) is 3.49. The molecule has 5 heteroatoms. The number of amides is 1. The van der Waals surface area contributed by atoms with Crippen LogP contribution in [0.3, 0.4) is 0 Å². The van der Waals surface area contributed by atoms with Crippen LogP contribution in [0.15, 0.2) is 18.2 Å². The minimum Gasteiger partial charge on any atom is -0.347 e. The number of benzene rings is 1. The van der Waals surface area contributed by atoms with Crippen molar-refractivity contribution >= 4 is 17.5 Å². The number of hydrogen-bond acceptors (Lipinski definition) is 1. The van der Waals surface area contributed by atoms with Gasteiger partial charge in [-0.2, -0.15) is 0 Å². The lowest BCUT2D eigenvalue weighted by atomic mass is 9.95. The van der Waals surface area contributed by atoms with Gasteiger partial charge in [-0.05, 0) is 31.9 Å². The van der Waals surface area contributed by atoms with Crippen LogP contribution in [0.2, 0.25) is 0 Å². The van der Waals surface area contributed by atoms with E-state index in [-0.39, 0.29) is 5.56 Å². The highest BCUT2D eigenvalue weighted by atomic mass is 35.5. The summed E-state index contributed by atoms with van der Waals surface area (Å²) in [5.74, 6) is -2.39. The molecule has 0 radical (unpaired) electrons. The molecule has 0 heterocycles. The van der Waals surface area contributed by atoms with Gasteiger partial charge in [0.15, 0.2) is 11.6 Å². The number of nitrogens with one attached hydrogen (secondary N) is 1. The molecule has 0 saturated heterocycles. The third kappa shape index (κ3) is 3.42. The number of rotatable bonds is 5. The van der Waals surface area contributed by atoms with E-state index in [9.17, 15) is 13.6 Å². The highest BCUT2D eigenvalue weighted by molar-refractivity contribution is 6.17. The summed E-state index contributed by atoms with van der Waals surface area (Å²) < 4.78 is 26.5. The van der Waals surface area contributed by atoms with Gasteiger partial charge >= 0.3 is 0 Å². The van der Waals surface area contributed by atoms with Gasteiger partial charge in [-0.15, -0.1) is 11.6 Å². The fraction of sp³-hybridized carbons (Fsp3) is 0.462. The van der Waals surface area contributed by atoms with Gasteiger partial charge in [0.1, 0.15) is 0 Å². The van der Waals surface area contributed by atoms with E-state index in [2.05, 4.69) is 5.32 Å². The quantitative estimate of drug-likeness (QED) is 0.819. The summed E-state index contributed by atoms with van der Waals surface area (Å²) in [7, 11) is 0. The van der Waals surface area contributed by atoms with Gasteiger partial charge in [0.25, 0.3) is 5.91 Å². The Morgan fingerprint density at radius 3 is 2.67 bits per heavy atom. The molecule has 0 aromatic heterocycles. The van der Waals surface area contributed by atoms with Gasteiger partial charge in [0.05, 0.1) is 5.56 Å². The minimum absolute atomic E-state index is 0.288. The summed E-state index contributed by atoms with van der Waals surface area (Å²) in [5.41, 5.74) is -0.804. The molecule has 0 aliphatic heterocycles. The average molecular weight is 276 g/mol. The molecule has 1 N–H and O–H groups in total. The Morgan fingerprint density at radius 2 is 2.11 bits per heavy atom. The smallest absolute Gasteiger partial charge is 0.254 e. The summed E-state index contributed by atoms with van der Waals surface area (Å²) in [6, 6.07) is 3.53. The zero-order valence-corrected chi connectivity index (χ0v) is 11.2. The molecule has 18 heavy (non-hydrogen) atoms. The molecule has 1 aromatic carbocycles. The Hall–Kier alpha value is -1.16. The second kappa shape index (κ2) is 6.14. The number of alkyl halides is 1. The lowest BCUT2D eigenvalue weighted by Crippen LogP contribution is -2.46. The molecule has 1 amide bonds. The van der Waals surface area contributed by atoms with Gasteiger partial charge in [0.2, 0.25) is 0 Å². The van der Waals surface area contributed by atoms with Gasteiger partial charge < -0.3 is 5.32 Å². The molecule has 1 unspecified atom stereocenters. The topological polar surface area (TPSA) is 29.1 Å². The molecule has 0 bridgehead atoms. The van der Waals surface area contributed by atoms with Crippen LogP contribution in [-0.2, 0) is 0 Å². The summed E-state index contributed by atoms with van der Waals surface area (Å²) >= 11 is 5.67. The van der Waals surface area contributed by atoms with Crippen LogP contribution in [-0.4, -0.2) is 17.3 Å². The van der Waals surface area contributed by atoms with E-state index in [1.165, 1.54) is 12.1 Å². The largest absolute Gasteiger partial charge is 0.347 e. The van der Waals surface area contributed by atoms with Crippen molar-refractivity contribution in [2.24, 2.45) is 0 Å². The molecule has 0 aliphatic carbocycles. The standard InChI is InChI=1S/C13H16ClF2NO/c1-3-13(2,7-8-14)17-12(18)9-5-4-6-10(15)11(9)16/h4-6H,3,7-8H2,1-2H3,(H,17,18). The second-order valence-corrected chi connectivity index (χ2v) is 4.79. The normalized spacial score (nSPS) is 14.1. The minimum atomic E-state index is -1.13. The molecule has 1 atom stereocenters. The van der Waals surface area contributed by atoms with Crippen LogP contribution in [0.25, 0.3) is 0 Å². The molecule has 1 aromatic rings. The molecule has 0 fully saturated rings. The van der Waals surface area contributed by atoms with Crippen LogP contribution < -0.4 is 5.32 Å². The van der Waals surface area contributed by atoms with E-state index < -0.39 is 23.1 Å². The second-order valence-electron chi connectivity index (χ2n) is 4.41. The summed E-state index contributed by atoms with van der Waals surface area (Å²) in [4.78, 5) is 11.9. The monoisotopic (exact) mass is 275 g/mol. The first-order valence-electron chi connectivity index (χ1n) is 5.76. The molecule has 0 spiro atoms. The maximum Gasteiger partial charge on any atom is 0.254 e. The lowest BCUT2D eigenvalue weighted by molar-refractivity contribution is 0.0896. The summed E-state index contributed by atoms with van der Waals surface area (Å²) in [6.07, 6.45) is 1.22. The first kappa shape index (κ1) is 14.9. The average Bonchev–Trinajstić information content (AvgIpc) is 2.32. The van der Waals surface area contributed by atoms with Crippen LogP contribution in [0.4, 0.5) is 8.78 Å². The molecule has 0 saturated carbocycles. The number of carbonyl (C=O) groups excluding carboxylic acids is 1. The Balaban J connectivity index is 2.91. The van der Waals surface area contributed by atoms with E-state index in [1.807, 2.05) is 13.8 Å². The highest BCUT2D eigenvalue weighted by Gasteiger charge is 2.26. The van der Waals surface area contributed by atoms with Crippen molar-refractivity contribution in [1.82, 2.24) is 5.32 Å². The molecule has 2 nitrogen and oxygen atoms in total. The van der Waals surface area contributed by atoms with Gasteiger partial charge in [0, 0.05) is 11.4 Å². The summed E-state index contributed by atoms with van der Waals surface area (Å²) in [6.45, 7) is 3.72. The first-order chi connectivity index (χ1) is 8.43. The SMILES string of the molecule is CCC(C)(CCCl)NC(=O)c1cccc(F)c1F. The zero-order valence-electron chi connectivity index (χ0n) is 10.4. The van der Waals surface area contributed by atoms with E-state index >= 15 is 0 Å². The highest BCUT2D eigenvalue weighted by Crippen LogP contribution is 2.18. The van der Waals surface area contributed by atoms with Crippen molar-refractivity contribution in [2.75, 3.05) is 5.88 Å². The molecule has 1 rings (SSSR count). The number of hydrogen-bond donors (Lipinski definition) is 1. The maximum atomic E-state index is 13.5. The zero-order chi connectivity index (χ0) is 13.8. The van der Waals surface area contributed by atoms with E-state index in [0.717, 1.165) is 6.07 Å². The van der Waals surface area contributed by atoms with Crippen LogP contribution in [0.5, 0.6) is 0 Å². The van der Waals surface area contributed by atoms with Crippen molar-refractivity contribution < 1.29 is 13.6 Å². The predicted molar refractivity (Wildman–Crippen MR) is 67.9 cm³/mol. The Labute approximate surface area is 110 Å². The molecule has 100 valence electrons. The first-order valence-corrected chi connectivity index (χ1v) is 6.29. The fourth-order valence-corrected chi connectivity index (χ4v) is 1.97. The third-order valence-corrected chi connectivity index (χ3v) is 3.23. The third-order valence-electron chi connectivity index (χ3n) is 3.04. The van der Waals surface area contributed by atoms with Crippen molar-refractivity contribution in [3.8, 4) is 0 Å². The van der Waals surface area contributed by atoms with Crippen molar-refractivity contribution in [1.29, 1.82) is 0 Å². The molecular formula is C13H16ClF2NO. The van der Waals surface area contributed by atoms with E-state index in [0.29, 0.717) is 18.7 Å². The van der Waals surface area contributed by atoms with Crippen LogP contribution in [0.1, 0.15) is 37.0 Å². The Kier molecular flexibility index (Phi) is 5.08. The Morgan fingerprint density at radius 1 is 1.44 bits per heavy atom. The molecular weight excluding hydrogens is 260 g/mol. The number of halogens is 3. The molecule has 0 aliphatic rings. The van der Waals surface area contributed by atoms with Crippen molar-refractivity contribution in [2.45, 2.75) is 32.2 Å². The summed E-state index contributed by atoms with van der Waals surface area (Å²) in [5, 5.41) is 2.70. The van der Waals surface area contributed by atoms with Gasteiger partial charge in [-0.3, -0.25) is 4.79 Å². The number of carbonyl (C=O) groups is 1. The van der Waals surface area contributed by atoms with E-state index in [1.54, 1.807) is 0 Å². The fourth-order valence-electron chi connectivity index (χ4n) is 1.56. The van der Waals surface area contributed by atoms with Crippen molar-refractivity contribution in [3.63, 3.8) is 0 Å².